The lowest BCUT2D eigenvalue weighted by Crippen LogP contribution is -2.58. The third-order valence-corrected chi connectivity index (χ3v) is 3.07. The molecule has 2 rings (SSSR count). The summed E-state index contributed by atoms with van der Waals surface area (Å²) in [7, 11) is 0. The molecule has 1 fully saturated rings. The highest BCUT2D eigenvalue weighted by Crippen LogP contribution is 2.27. The van der Waals surface area contributed by atoms with Crippen molar-refractivity contribution in [2.45, 2.75) is 30.6 Å². The van der Waals surface area contributed by atoms with Gasteiger partial charge in [0.05, 0.1) is 12.8 Å². The van der Waals surface area contributed by atoms with E-state index in [0.717, 1.165) is 0 Å². The van der Waals surface area contributed by atoms with Crippen LogP contribution in [0, 0.1) is 5.82 Å². The number of rotatable bonds is 2. The molecule has 1 saturated heterocycles. The third kappa shape index (κ3) is 2.39. The minimum Gasteiger partial charge on any atom is -0.394 e. The van der Waals surface area contributed by atoms with E-state index in [2.05, 4.69) is 0 Å². The summed E-state index contributed by atoms with van der Waals surface area (Å²) in [5.74, 6) is -1.29. The van der Waals surface area contributed by atoms with Gasteiger partial charge in [0.1, 0.15) is 24.4 Å². The molecule has 0 unspecified atom stereocenters. The summed E-state index contributed by atoms with van der Waals surface area (Å²) in [4.78, 5) is 24.1. The van der Waals surface area contributed by atoms with Gasteiger partial charge in [-0.2, -0.15) is 4.39 Å². The lowest BCUT2D eigenvalue weighted by atomic mass is 9.98. The van der Waals surface area contributed by atoms with Gasteiger partial charge in [-0.1, -0.05) is 0 Å². The monoisotopic (exact) mass is 292 g/mol. The van der Waals surface area contributed by atoms with Crippen LogP contribution in [-0.4, -0.2) is 61.0 Å². The number of hydrogen-bond acceptors (Lipinski definition) is 7. The number of nitrogens with zero attached hydrogens (tertiary/aromatic N) is 1. The molecule has 0 radical (unpaired) electrons. The predicted octanol–water partition coefficient (Wildman–Crippen LogP) is -3.35. The summed E-state index contributed by atoms with van der Waals surface area (Å²) < 4.78 is 18.8. The number of H-pyrrole nitrogens is 1. The second-order valence-electron chi connectivity index (χ2n) is 4.36. The van der Waals surface area contributed by atoms with Crippen LogP contribution in [0.4, 0.5) is 4.39 Å². The van der Waals surface area contributed by atoms with Crippen molar-refractivity contribution in [2.75, 3.05) is 6.61 Å². The number of aromatic nitrogens is 2. The molecule has 0 bridgehead atoms. The van der Waals surface area contributed by atoms with Crippen LogP contribution < -0.4 is 11.2 Å². The Morgan fingerprint density at radius 3 is 2.50 bits per heavy atom. The van der Waals surface area contributed by atoms with E-state index >= 15 is 0 Å². The van der Waals surface area contributed by atoms with Crippen LogP contribution >= 0.6 is 0 Å². The van der Waals surface area contributed by atoms with Gasteiger partial charge in [-0.05, 0) is 0 Å². The topological polar surface area (TPSA) is 145 Å². The summed E-state index contributed by atoms with van der Waals surface area (Å²) >= 11 is 0. The molecule has 0 amide bonds. The molecule has 1 aliphatic rings. The molecule has 20 heavy (non-hydrogen) atoms. The highest BCUT2D eigenvalue weighted by molar-refractivity contribution is 4.95. The number of nitrogens with one attached hydrogen (secondary N) is 1. The molecule has 0 aromatic carbocycles. The van der Waals surface area contributed by atoms with Crippen molar-refractivity contribution < 1.29 is 29.6 Å². The van der Waals surface area contributed by atoms with Gasteiger partial charge in [0, 0.05) is 0 Å². The average molecular weight is 292 g/mol. The zero-order valence-electron chi connectivity index (χ0n) is 10.0. The maximum atomic E-state index is 13.2. The van der Waals surface area contributed by atoms with Crippen molar-refractivity contribution in [1.29, 1.82) is 0 Å². The van der Waals surface area contributed by atoms with Crippen molar-refractivity contribution in [3.8, 4) is 0 Å². The van der Waals surface area contributed by atoms with E-state index in [9.17, 15) is 29.3 Å². The van der Waals surface area contributed by atoms with Gasteiger partial charge in [0.15, 0.2) is 6.23 Å². The molecule has 112 valence electrons. The van der Waals surface area contributed by atoms with E-state index in [1.165, 1.54) is 0 Å². The van der Waals surface area contributed by atoms with Crippen LogP contribution in [0.1, 0.15) is 6.23 Å². The van der Waals surface area contributed by atoms with Crippen molar-refractivity contribution in [3.05, 3.63) is 32.9 Å². The number of aromatic amines is 1. The first-order valence-corrected chi connectivity index (χ1v) is 5.68. The van der Waals surface area contributed by atoms with Crippen molar-refractivity contribution in [2.24, 2.45) is 0 Å². The zero-order chi connectivity index (χ0) is 15.0. The molecule has 0 saturated carbocycles. The van der Waals surface area contributed by atoms with Gasteiger partial charge in [0.25, 0.3) is 5.56 Å². The number of aliphatic hydroxyl groups is 4. The number of ether oxygens (including phenoxy) is 1. The summed E-state index contributed by atoms with van der Waals surface area (Å²) in [6.45, 7) is -0.692. The van der Waals surface area contributed by atoms with Gasteiger partial charge >= 0.3 is 5.69 Å². The van der Waals surface area contributed by atoms with E-state index in [-0.39, 0.29) is 0 Å². The maximum Gasteiger partial charge on any atom is 0.330 e. The Labute approximate surface area is 110 Å². The zero-order valence-corrected chi connectivity index (χ0v) is 10.0. The molecule has 1 aliphatic heterocycles. The highest BCUT2D eigenvalue weighted by atomic mass is 19.1. The molecular weight excluding hydrogens is 279 g/mol. The van der Waals surface area contributed by atoms with E-state index in [1.807, 2.05) is 0 Å². The van der Waals surface area contributed by atoms with Crippen LogP contribution in [-0.2, 0) is 4.74 Å². The molecule has 1 aromatic rings. The molecule has 0 aliphatic carbocycles. The summed E-state index contributed by atoms with van der Waals surface area (Å²) in [6, 6.07) is 0. The fourth-order valence-electron chi connectivity index (χ4n) is 1.96. The standard InChI is InChI=1S/C10H13FN2O7/c11-3-1-13(10(19)12-8(3)18)9-7(17)6(16)5(15)4(2-14)20-9/h1,4-7,9,14-17H,2H2,(H,12,18,19)/t4-,5+,6+,7+,9+/m0/s1. The first-order chi connectivity index (χ1) is 9.36. The smallest absolute Gasteiger partial charge is 0.330 e. The Morgan fingerprint density at radius 2 is 1.90 bits per heavy atom. The molecule has 2 heterocycles. The second-order valence-corrected chi connectivity index (χ2v) is 4.36. The largest absolute Gasteiger partial charge is 0.394 e. The van der Waals surface area contributed by atoms with Gasteiger partial charge in [-0.3, -0.25) is 14.3 Å². The Morgan fingerprint density at radius 1 is 1.25 bits per heavy atom. The van der Waals surface area contributed by atoms with Crippen LogP contribution in [0.2, 0.25) is 0 Å². The summed E-state index contributed by atoms with van der Waals surface area (Å²) in [5, 5.41) is 37.9. The molecule has 0 spiro atoms. The Hall–Kier alpha value is -1.59. The third-order valence-electron chi connectivity index (χ3n) is 3.07. The van der Waals surface area contributed by atoms with Crippen LogP contribution in [0.3, 0.4) is 0 Å². The van der Waals surface area contributed by atoms with E-state index in [0.29, 0.717) is 10.8 Å². The van der Waals surface area contributed by atoms with Gasteiger partial charge < -0.3 is 25.2 Å². The number of hydrogen-bond donors (Lipinski definition) is 5. The summed E-state index contributed by atoms with van der Waals surface area (Å²) in [6.07, 6.45) is -7.38. The lowest BCUT2D eigenvalue weighted by Gasteiger charge is -2.40. The molecule has 5 atom stereocenters. The Bertz CT molecular complexity index is 598. The van der Waals surface area contributed by atoms with Crippen LogP contribution in [0.15, 0.2) is 15.8 Å². The number of aliphatic hydroxyl groups excluding tert-OH is 4. The van der Waals surface area contributed by atoms with Gasteiger partial charge in [0.2, 0.25) is 5.82 Å². The fraction of sp³-hybridized carbons (Fsp3) is 0.600. The second kappa shape index (κ2) is 5.42. The molecular formula is C10H13FN2O7. The summed E-state index contributed by atoms with van der Waals surface area (Å²) in [5.41, 5.74) is -2.31. The minimum atomic E-state index is -1.75. The van der Waals surface area contributed by atoms with E-state index in [1.54, 1.807) is 4.98 Å². The first kappa shape index (κ1) is 14.8. The molecule has 9 nitrogen and oxygen atoms in total. The minimum absolute atomic E-state index is 0.508. The Kier molecular flexibility index (Phi) is 4.01. The average Bonchev–Trinajstić information content (AvgIpc) is 2.41. The van der Waals surface area contributed by atoms with Gasteiger partial charge in [-0.15, -0.1) is 0 Å². The maximum absolute atomic E-state index is 13.2. The van der Waals surface area contributed by atoms with Crippen molar-refractivity contribution in [1.82, 2.24) is 9.55 Å². The van der Waals surface area contributed by atoms with Gasteiger partial charge in [-0.25, -0.2) is 4.79 Å². The van der Waals surface area contributed by atoms with E-state index < -0.39 is 54.3 Å². The fourth-order valence-corrected chi connectivity index (χ4v) is 1.96. The highest BCUT2D eigenvalue weighted by Gasteiger charge is 2.44. The molecule has 5 N–H and O–H groups in total. The molecule has 10 heteroatoms. The quantitative estimate of drug-likeness (QED) is 0.383. The van der Waals surface area contributed by atoms with E-state index in [4.69, 9.17) is 9.84 Å². The Balaban J connectivity index is 2.44. The van der Waals surface area contributed by atoms with Crippen LogP contribution in [0.25, 0.3) is 0 Å². The SMILES string of the molecule is O=c1[nH]c(=O)n([C@@H]2O[C@@H](CO)[C@@H](O)[C@@H](O)[C@H]2O)cc1F. The van der Waals surface area contributed by atoms with Crippen LogP contribution in [0.5, 0.6) is 0 Å². The van der Waals surface area contributed by atoms with Crippen molar-refractivity contribution in [3.63, 3.8) is 0 Å². The predicted molar refractivity (Wildman–Crippen MR) is 60.3 cm³/mol. The lowest BCUT2D eigenvalue weighted by molar-refractivity contribution is -0.252. The normalized spacial score (nSPS) is 34.1. The van der Waals surface area contributed by atoms with Crippen molar-refractivity contribution >= 4 is 0 Å². The first-order valence-electron chi connectivity index (χ1n) is 5.68. The number of halogens is 1. The molecule has 1 aromatic heterocycles.